The summed E-state index contributed by atoms with van der Waals surface area (Å²) >= 11 is 0. The highest BCUT2D eigenvalue weighted by atomic mass is 16.5. The number of carbonyl (C=O) groups is 1. The summed E-state index contributed by atoms with van der Waals surface area (Å²) in [7, 11) is 6.81. The lowest BCUT2D eigenvalue weighted by Gasteiger charge is -2.33. The molecule has 0 spiro atoms. The number of benzene rings is 4. The number of fused-ring (bicyclic) bond motifs is 1. The Kier molecular flexibility index (Phi) is 9.49. The highest BCUT2D eigenvalue weighted by Crippen LogP contribution is 2.38. The van der Waals surface area contributed by atoms with Crippen molar-refractivity contribution in [1.82, 2.24) is 9.80 Å². The number of hydrogen-bond acceptors (Lipinski definition) is 6. The fourth-order valence-electron chi connectivity index (χ4n) is 5.77. The van der Waals surface area contributed by atoms with Gasteiger partial charge in [-0.1, -0.05) is 54.6 Å². The van der Waals surface area contributed by atoms with E-state index in [4.69, 9.17) is 18.9 Å². The van der Waals surface area contributed by atoms with Crippen molar-refractivity contribution in [2.45, 2.75) is 25.9 Å². The summed E-state index contributed by atoms with van der Waals surface area (Å²) in [5, 5.41) is 2.58. The number of carbonyl (C=O) groups excluding carboxylic acids is 1. The van der Waals surface area contributed by atoms with Crippen LogP contribution >= 0.6 is 0 Å². The number of nitrogens with zero attached hydrogens (tertiary/aromatic N) is 2. The minimum absolute atomic E-state index is 0.0454. The van der Waals surface area contributed by atoms with Crippen LogP contribution in [0.4, 0.5) is 0 Å². The molecule has 0 aromatic heterocycles. The first-order valence-corrected chi connectivity index (χ1v) is 14.4. The third-order valence-corrected chi connectivity index (χ3v) is 7.90. The van der Waals surface area contributed by atoms with E-state index in [-0.39, 0.29) is 11.8 Å². The van der Waals surface area contributed by atoms with Gasteiger partial charge in [-0.05, 0) is 66.1 Å². The van der Waals surface area contributed by atoms with Crippen LogP contribution < -0.4 is 18.9 Å². The molecule has 0 unspecified atom stereocenters. The van der Waals surface area contributed by atoms with Crippen molar-refractivity contribution in [3.8, 4) is 23.0 Å². The van der Waals surface area contributed by atoms with E-state index in [0.29, 0.717) is 42.5 Å². The quantitative estimate of drug-likeness (QED) is 0.208. The molecule has 1 fully saturated rings. The van der Waals surface area contributed by atoms with Crippen LogP contribution in [-0.2, 0) is 13.1 Å². The summed E-state index contributed by atoms with van der Waals surface area (Å²) in [5.41, 5.74) is 3.10. The van der Waals surface area contributed by atoms with E-state index >= 15 is 0 Å². The Hall–Kier alpha value is -4.23. The van der Waals surface area contributed by atoms with Gasteiger partial charge in [0, 0.05) is 37.7 Å². The van der Waals surface area contributed by atoms with Gasteiger partial charge in [-0.3, -0.25) is 9.69 Å². The first-order chi connectivity index (χ1) is 20.5. The molecule has 1 aliphatic rings. The lowest BCUT2D eigenvalue weighted by Crippen LogP contribution is -2.41. The first-order valence-electron chi connectivity index (χ1n) is 14.4. The van der Waals surface area contributed by atoms with Gasteiger partial charge < -0.3 is 23.8 Å². The molecule has 1 heterocycles. The van der Waals surface area contributed by atoms with Crippen LogP contribution in [0.1, 0.15) is 34.3 Å². The fourth-order valence-corrected chi connectivity index (χ4v) is 5.77. The monoisotopic (exact) mass is 568 g/mol. The van der Waals surface area contributed by atoms with Gasteiger partial charge in [0.25, 0.3) is 5.91 Å². The second kappa shape index (κ2) is 13.6. The SMILES string of the molecule is COc1cc(C(=O)N2CCC[C@@H](COc3ccc(CN(C)Cc4cccc5ccccc45)cc3)C2)cc(OC)c1OC. The summed E-state index contributed by atoms with van der Waals surface area (Å²) < 4.78 is 22.5. The van der Waals surface area contributed by atoms with Crippen LogP contribution in [0, 0.1) is 5.92 Å². The van der Waals surface area contributed by atoms with E-state index in [1.807, 2.05) is 17.0 Å². The van der Waals surface area contributed by atoms with E-state index in [0.717, 1.165) is 31.7 Å². The zero-order valence-corrected chi connectivity index (χ0v) is 25.0. The van der Waals surface area contributed by atoms with Crippen LogP contribution in [0.2, 0.25) is 0 Å². The second-order valence-electron chi connectivity index (χ2n) is 10.9. The average Bonchev–Trinajstić information content (AvgIpc) is 3.03. The van der Waals surface area contributed by atoms with Crippen molar-refractivity contribution in [3.05, 3.63) is 95.6 Å². The predicted octanol–water partition coefficient (Wildman–Crippen LogP) is 6.43. The van der Waals surface area contributed by atoms with Crippen LogP contribution in [0.5, 0.6) is 23.0 Å². The van der Waals surface area contributed by atoms with E-state index in [9.17, 15) is 4.79 Å². The summed E-state index contributed by atoms with van der Waals surface area (Å²) in [6, 6.07) is 26.8. The second-order valence-corrected chi connectivity index (χ2v) is 10.9. The molecule has 4 aromatic carbocycles. The molecule has 7 nitrogen and oxygen atoms in total. The molecule has 7 heteroatoms. The molecule has 220 valence electrons. The summed E-state index contributed by atoms with van der Waals surface area (Å²) in [5.74, 6) is 2.49. The zero-order chi connectivity index (χ0) is 29.5. The molecule has 0 radical (unpaired) electrons. The number of piperidine rings is 1. The topological polar surface area (TPSA) is 60.5 Å². The number of hydrogen-bond donors (Lipinski definition) is 0. The normalized spacial score (nSPS) is 15.1. The maximum Gasteiger partial charge on any atom is 0.254 e. The third kappa shape index (κ3) is 6.80. The number of amides is 1. The Labute approximate surface area is 248 Å². The molecule has 1 atom stereocenters. The fraction of sp³-hybridized carbons (Fsp3) is 0.343. The standard InChI is InChI=1S/C35H40N2O5/c1-36(23-28-12-7-11-27-10-5-6-13-31(27)28)21-25-14-16-30(17-15-25)42-24-26-9-8-18-37(22-26)35(38)29-19-32(39-2)34(41-4)33(20-29)40-3/h5-7,10-17,19-20,26H,8-9,18,21-24H2,1-4H3/t26-/m1/s1. The molecular formula is C35H40N2O5. The van der Waals surface area contributed by atoms with E-state index in [1.165, 1.54) is 21.9 Å². The van der Waals surface area contributed by atoms with Crippen molar-refractivity contribution in [1.29, 1.82) is 0 Å². The van der Waals surface area contributed by atoms with Gasteiger partial charge in [0.1, 0.15) is 5.75 Å². The van der Waals surface area contributed by atoms with E-state index < -0.39 is 0 Å². The minimum atomic E-state index is -0.0454. The third-order valence-electron chi connectivity index (χ3n) is 7.90. The smallest absolute Gasteiger partial charge is 0.254 e. The van der Waals surface area contributed by atoms with Crippen LogP contribution in [-0.4, -0.2) is 63.8 Å². The lowest BCUT2D eigenvalue weighted by atomic mass is 9.98. The lowest BCUT2D eigenvalue weighted by molar-refractivity contribution is 0.0632. The number of ether oxygens (including phenoxy) is 4. The highest BCUT2D eigenvalue weighted by Gasteiger charge is 2.27. The van der Waals surface area contributed by atoms with Gasteiger partial charge in [0.15, 0.2) is 11.5 Å². The Balaban J connectivity index is 1.14. The molecule has 0 bridgehead atoms. The predicted molar refractivity (Wildman–Crippen MR) is 166 cm³/mol. The molecule has 1 amide bonds. The van der Waals surface area contributed by atoms with Crippen LogP contribution in [0.15, 0.2) is 78.9 Å². The largest absolute Gasteiger partial charge is 0.493 e. The molecule has 0 saturated carbocycles. The van der Waals surface area contributed by atoms with E-state index in [2.05, 4.69) is 66.5 Å². The Morgan fingerprint density at radius 2 is 1.60 bits per heavy atom. The summed E-state index contributed by atoms with van der Waals surface area (Å²) in [6.45, 7) is 3.66. The Bertz CT molecular complexity index is 1470. The molecule has 0 aliphatic carbocycles. The van der Waals surface area contributed by atoms with E-state index in [1.54, 1.807) is 33.5 Å². The summed E-state index contributed by atoms with van der Waals surface area (Å²) in [4.78, 5) is 17.6. The Morgan fingerprint density at radius 3 is 2.31 bits per heavy atom. The maximum atomic E-state index is 13.4. The number of methoxy groups -OCH3 is 3. The first kappa shape index (κ1) is 29.3. The molecule has 4 aromatic rings. The maximum absolute atomic E-state index is 13.4. The van der Waals surface area contributed by atoms with Gasteiger partial charge in [0.2, 0.25) is 5.75 Å². The van der Waals surface area contributed by atoms with Gasteiger partial charge in [0.05, 0.1) is 27.9 Å². The summed E-state index contributed by atoms with van der Waals surface area (Å²) in [6.07, 6.45) is 1.96. The van der Waals surface area contributed by atoms with Crippen molar-refractivity contribution < 1.29 is 23.7 Å². The van der Waals surface area contributed by atoms with Crippen molar-refractivity contribution in [3.63, 3.8) is 0 Å². The molecule has 1 aliphatic heterocycles. The number of likely N-dealkylation sites (tertiary alicyclic amines) is 1. The molecule has 5 rings (SSSR count). The van der Waals surface area contributed by atoms with Crippen LogP contribution in [0.25, 0.3) is 10.8 Å². The number of rotatable bonds is 11. The van der Waals surface area contributed by atoms with Gasteiger partial charge in [-0.15, -0.1) is 0 Å². The van der Waals surface area contributed by atoms with Gasteiger partial charge in [-0.25, -0.2) is 0 Å². The van der Waals surface area contributed by atoms with Crippen molar-refractivity contribution in [2.75, 3.05) is 48.1 Å². The average molecular weight is 569 g/mol. The van der Waals surface area contributed by atoms with Crippen molar-refractivity contribution in [2.24, 2.45) is 5.92 Å². The molecule has 1 saturated heterocycles. The van der Waals surface area contributed by atoms with Crippen LogP contribution in [0.3, 0.4) is 0 Å². The van der Waals surface area contributed by atoms with Crippen molar-refractivity contribution >= 4 is 16.7 Å². The minimum Gasteiger partial charge on any atom is -0.493 e. The zero-order valence-electron chi connectivity index (χ0n) is 25.0. The molecule has 42 heavy (non-hydrogen) atoms. The highest BCUT2D eigenvalue weighted by molar-refractivity contribution is 5.95. The Morgan fingerprint density at radius 1 is 0.881 bits per heavy atom. The van der Waals surface area contributed by atoms with Gasteiger partial charge >= 0.3 is 0 Å². The van der Waals surface area contributed by atoms with Gasteiger partial charge in [-0.2, -0.15) is 0 Å². The molecule has 0 N–H and O–H groups in total. The molecular weight excluding hydrogens is 528 g/mol.